The highest BCUT2D eigenvalue weighted by molar-refractivity contribution is 5.78. The smallest absolute Gasteiger partial charge is 0.405 e. The molecule has 1 heterocycles. The molecule has 3 aliphatic carbocycles. The summed E-state index contributed by atoms with van der Waals surface area (Å²) in [6, 6.07) is 18.3. The Morgan fingerprint density at radius 1 is 0.929 bits per heavy atom. The SMILES string of the molecule is O=C(O)NC12CC(NC(=O)N3CCc4ccccc4C3c3ccccc3)(C1)C2. The lowest BCUT2D eigenvalue weighted by atomic mass is 9.44. The maximum Gasteiger partial charge on any atom is 0.405 e. The van der Waals surface area contributed by atoms with Crippen molar-refractivity contribution in [1.29, 1.82) is 0 Å². The molecule has 0 aromatic heterocycles. The number of carbonyl (C=O) groups is 2. The predicted octanol–water partition coefficient (Wildman–Crippen LogP) is 3.29. The van der Waals surface area contributed by atoms with Crippen LogP contribution in [-0.2, 0) is 6.42 Å². The number of amides is 3. The molecular formula is C22H23N3O3. The van der Waals surface area contributed by atoms with Crippen LogP contribution in [0.15, 0.2) is 54.6 Å². The van der Waals surface area contributed by atoms with Crippen molar-refractivity contribution in [2.75, 3.05) is 6.54 Å². The van der Waals surface area contributed by atoms with Crippen molar-refractivity contribution >= 4 is 12.1 Å². The van der Waals surface area contributed by atoms with E-state index in [2.05, 4.69) is 34.9 Å². The molecular weight excluding hydrogens is 354 g/mol. The third-order valence-electron chi connectivity index (χ3n) is 6.43. The molecule has 1 atom stereocenters. The third-order valence-corrected chi connectivity index (χ3v) is 6.43. The van der Waals surface area contributed by atoms with E-state index in [1.807, 2.05) is 35.2 Å². The molecule has 1 unspecified atom stereocenters. The fourth-order valence-corrected chi connectivity index (χ4v) is 5.36. The Balaban J connectivity index is 1.37. The van der Waals surface area contributed by atoms with E-state index in [1.165, 1.54) is 11.1 Å². The minimum Gasteiger partial charge on any atom is -0.465 e. The number of nitrogens with one attached hydrogen (secondary N) is 2. The summed E-state index contributed by atoms with van der Waals surface area (Å²) in [6.07, 6.45) is 1.89. The number of benzene rings is 2. The molecule has 28 heavy (non-hydrogen) atoms. The molecule has 3 fully saturated rings. The van der Waals surface area contributed by atoms with Crippen molar-refractivity contribution in [3.8, 4) is 0 Å². The Hall–Kier alpha value is -3.02. The van der Waals surface area contributed by atoms with Gasteiger partial charge in [0.2, 0.25) is 0 Å². The van der Waals surface area contributed by atoms with Gasteiger partial charge in [0.05, 0.1) is 11.6 Å². The molecule has 3 N–H and O–H groups in total. The average Bonchev–Trinajstić information content (AvgIpc) is 2.64. The van der Waals surface area contributed by atoms with Crippen LogP contribution in [0.5, 0.6) is 0 Å². The highest BCUT2D eigenvalue weighted by Crippen LogP contribution is 2.60. The summed E-state index contributed by atoms with van der Waals surface area (Å²) in [5, 5.41) is 14.8. The standard InChI is InChI=1S/C22H23N3O3/c26-19(23-21-12-22(13-21,14-21)24-20(27)28)25-11-10-15-6-4-5-9-17(15)18(25)16-7-2-1-3-8-16/h1-9,18,24H,10-14H2,(H,23,26)(H,27,28). The number of urea groups is 1. The number of rotatable bonds is 3. The zero-order chi connectivity index (χ0) is 19.4. The van der Waals surface area contributed by atoms with Gasteiger partial charge in [-0.2, -0.15) is 0 Å². The molecule has 6 heteroatoms. The van der Waals surface area contributed by atoms with Gasteiger partial charge in [-0.3, -0.25) is 0 Å². The van der Waals surface area contributed by atoms with Gasteiger partial charge in [-0.15, -0.1) is 0 Å². The second-order valence-corrected chi connectivity index (χ2v) is 8.41. The van der Waals surface area contributed by atoms with Crippen molar-refractivity contribution in [3.63, 3.8) is 0 Å². The van der Waals surface area contributed by atoms with Gasteiger partial charge in [0, 0.05) is 12.1 Å². The molecule has 4 aliphatic rings. The van der Waals surface area contributed by atoms with Gasteiger partial charge in [0.1, 0.15) is 0 Å². The lowest BCUT2D eigenvalue weighted by Crippen LogP contribution is -2.84. The van der Waals surface area contributed by atoms with E-state index < -0.39 is 6.09 Å². The monoisotopic (exact) mass is 377 g/mol. The van der Waals surface area contributed by atoms with E-state index >= 15 is 0 Å². The Labute approximate surface area is 163 Å². The van der Waals surface area contributed by atoms with Gasteiger partial charge in [-0.05, 0) is 42.4 Å². The number of fused-ring (bicyclic) bond motifs is 1. The van der Waals surface area contributed by atoms with Crippen LogP contribution in [0.2, 0.25) is 0 Å². The van der Waals surface area contributed by atoms with Crippen molar-refractivity contribution in [2.24, 2.45) is 0 Å². The van der Waals surface area contributed by atoms with Crippen LogP contribution in [0.3, 0.4) is 0 Å². The molecule has 1 aliphatic heterocycles. The van der Waals surface area contributed by atoms with Crippen LogP contribution in [-0.4, -0.2) is 39.8 Å². The normalized spacial score (nSPS) is 29.7. The number of nitrogens with zero attached hydrogens (tertiary/aromatic N) is 1. The minimum atomic E-state index is -0.989. The molecule has 2 aromatic carbocycles. The van der Waals surface area contributed by atoms with E-state index in [0.29, 0.717) is 25.8 Å². The molecule has 6 nitrogen and oxygen atoms in total. The maximum absolute atomic E-state index is 13.2. The molecule has 2 bridgehead atoms. The summed E-state index contributed by atoms with van der Waals surface area (Å²) in [5.74, 6) is 0. The third kappa shape index (κ3) is 2.63. The summed E-state index contributed by atoms with van der Waals surface area (Å²) >= 11 is 0. The maximum atomic E-state index is 13.2. The van der Waals surface area contributed by atoms with E-state index in [9.17, 15) is 9.59 Å². The van der Waals surface area contributed by atoms with E-state index in [1.54, 1.807) is 0 Å². The first kappa shape index (κ1) is 17.1. The van der Waals surface area contributed by atoms with Crippen LogP contribution >= 0.6 is 0 Å². The molecule has 0 spiro atoms. The molecule has 3 amide bonds. The van der Waals surface area contributed by atoms with E-state index in [4.69, 9.17) is 5.11 Å². The zero-order valence-electron chi connectivity index (χ0n) is 15.5. The first-order valence-electron chi connectivity index (χ1n) is 9.72. The van der Waals surface area contributed by atoms with Crippen LogP contribution in [0.1, 0.15) is 42.0 Å². The van der Waals surface area contributed by atoms with E-state index in [-0.39, 0.29) is 23.2 Å². The Morgan fingerprint density at radius 2 is 1.57 bits per heavy atom. The summed E-state index contributed by atoms with van der Waals surface area (Å²) < 4.78 is 0. The zero-order valence-corrected chi connectivity index (χ0v) is 15.5. The second-order valence-electron chi connectivity index (χ2n) is 8.41. The topological polar surface area (TPSA) is 81.7 Å². The predicted molar refractivity (Wildman–Crippen MR) is 104 cm³/mol. The molecule has 6 rings (SSSR count). The second kappa shape index (κ2) is 5.99. The molecule has 0 saturated heterocycles. The largest absolute Gasteiger partial charge is 0.465 e. The van der Waals surface area contributed by atoms with Gasteiger partial charge in [-0.25, -0.2) is 9.59 Å². The van der Waals surface area contributed by atoms with Gasteiger partial charge in [0.25, 0.3) is 0 Å². The van der Waals surface area contributed by atoms with Crippen LogP contribution in [0.4, 0.5) is 9.59 Å². The molecule has 2 aromatic rings. The molecule has 0 radical (unpaired) electrons. The molecule has 3 saturated carbocycles. The summed E-state index contributed by atoms with van der Waals surface area (Å²) in [5.41, 5.74) is 2.99. The number of carboxylic acid groups (broad SMARTS) is 1. The minimum absolute atomic E-state index is 0.0630. The number of hydrogen-bond donors (Lipinski definition) is 3. The Bertz CT molecular complexity index is 923. The fraction of sp³-hybridized carbons (Fsp3) is 0.364. The van der Waals surface area contributed by atoms with Crippen molar-refractivity contribution in [2.45, 2.75) is 42.8 Å². The first-order valence-corrected chi connectivity index (χ1v) is 9.72. The highest BCUT2D eigenvalue weighted by atomic mass is 16.4. The van der Waals surface area contributed by atoms with Crippen LogP contribution in [0.25, 0.3) is 0 Å². The summed E-state index contributed by atoms with van der Waals surface area (Å²) in [7, 11) is 0. The lowest BCUT2D eigenvalue weighted by molar-refractivity contribution is -0.0924. The number of carbonyl (C=O) groups excluding carboxylic acids is 1. The average molecular weight is 377 g/mol. The van der Waals surface area contributed by atoms with Crippen LogP contribution in [0, 0.1) is 0 Å². The highest BCUT2D eigenvalue weighted by Gasteiger charge is 2.69. The fourth-order valence-electron chi connectivity index (χ4n) is 5.36. The van der Waals surface area contributed by atoms with Crippen molar-refractivity contribution < 1.29 is 14.7 Å². The number of hydrogen-bond acceptors (Lipinski definition) is 2. The molecule has 144 valence electrons. The Kier molecular flexibility index (Phi) is 3.66. The van der Waals surface area contributed by atoms with E-state index in [0.717, 1.165) is 12.0 Å². The van der Waals surface area contributed by atoms with Crippen molar-refractivity contribution in [3.05, 3.63) is 71.3 Å². The van der Waals surface area contributed by atoms with Gasteiger partial charge >= 0.3 is 12.1 Å². The lowest BCUT2D eigenvalue weighted by Gasteiger charge is -2.70. The first-order chi connectivity index (χ1) is 13.5. The summed E-state index contributed by atoms with van der Waals surface area (Å²) in [4.78, 5) is 26.1. The van der Waals surface area contributed by atoms with Crippen molar-refractivity contribution in [1.82, 2.24) is 15.5 Å². The van der Waals surface area contributed by atoms with Gasteiger partial charge < -0.3 is 20.6 Å². The van der Waals surface area contributed by atoms with Gasteiger partial charge in [-0.1, -0.05) is 54.6 Å². The Morgan fingerprint density at radius 3 is 2.29 bits per heavy atom. The summed E-state index contributed by atoms with van der Waals surface area (Å²) in [6.45, 7) is 0.664. The van der Waals surface area contributed by atoms with Crippen LogP contribution < -0.4 is 10.6 Å². The van der Waals surface area contributed by atoms with Gasteiger partial charge in [0.15, 0.2) is 0 Å². The quantitative estimate of drug-likeness (QED) is 0.768.